The molecule has 0 spiro atoms. The van der Waals surface area contributed by atoms with Crippen molar-refractivity contribution < 1.29 is 4.79 Å². The highest BCUT2D eigenvalue weighted by Crippen LogP contribution is 2.27. The number of allylic oxidation sites excluding steroid dienone is 1. The molecule has 1 aromatic carbocycles. The molecule has 0 bridgehead atoms. The molecular formula is C15H20O. The first-order chi connectivity index (χ1) is 7.45. The van der Waals surface area contributed by atoms with Gasteiger partial charge in [0.15, 0.2) is 6.29 Å². The molecule has 1 atom stereocenters. The molecule has 0 aliphatic rings. The fraction of sp³-hybridized carbons (Fsp3) is 0.400. The van der Waals surface area contributed by atoms with Gasteiger partial charge in [0, 0.05) is 5.56 Å². The van der Waals surface area contributed by atoms with Gasteiger partial charge in [-0.05, 0) is 16.9 Å². The summed E-state index contributed by atoms with van der Waals surface area (Å²) < 4.78 is 0. The molecule has 1 unspecified atom stereocenters. The zero-order valence-corrected chi connectivity index (χ0v) is 10.5. The zero-order chi connectivity index (χ0) is 12.2. The lowest BCUT2D eigenvalue weighted by Crippen LogP contribution is -2.14. The first-order valence-corrected chi connectivity index (χ1v) is 5.67. The standard InChI is InChI=1S/C15H20O/c1-12(15(2,3)4)9-10-13-7-5-6-8-14(13)11-16/h5-12H,1-4H3/b10-9+. The summed E-state index contributed by atoms with van der Waals surface area (Å²) in [4.78, 5) is 10.8. The van der Waals surface area contributed by atoms with Gasteiger partial charge in [-0.3, -0.25) is 4.79 Å². The van der Waals surface area contributed by atoms with Gasteiger partial charge in [0.25, 0.3) is 0 Å². The summed E-state index contributed by atoms with van der Waals surface area (Å²) in [5.41, 5.74) is 2.00. The molecule has 0 saturated heterocycles. The topological polar surface area (TPSA) is 17.1 Å². The highest BCUT2D eigenvalue weighted by atomic mass is 16.1. The predicted octanol–water partition coefficient (Wildman–Crippen LogP) is 4.19. The fourth-order valence-corrected chi connectivity index (χ4v) is 1.31. The number of benzene rings is 1. The molecule has 0 radical (unpaired) electrons. The van der Waals surface area contributed by atoms with Crippen molar-refractivity contribution in [1.29, 1.82) is 0 Å². The van der Waals surface area contributed by atoms with Crippen LogP contribution >= 0.6 is 0 Å². The Bertz CT molecular complexity index is 383. The van der Waals surface area contributed by atoms with Crippen molar-refractivity contribution in [1.82, 2.24) is 0 Å². The lowest BCUT2D eigenvalue weighted by molar-refractivity contribution is 0.112. The van der Waals surface area contributed by atoms with Gasteiger partial charge in [-0.15, -0.1) is 0 Å². The van der Waals surface area contributed by atoms with Gasteiger partial charge in [0.05, 0.1) is 0 Å². The van der Waals surface area contributed by atoms with Crippen LogP contribution in [0, 0.1) is 11.3 Å². The second-order valence-electron chi connectivity index (χ2n) is 5.26. The number of rotatable bonds is 3. The predicted molar refractivity (Wildman–Crippen MR) is 69.5 cm³/mol. The molecule has 0 saturated carbocycles. The Labute approximate surface area is 98.2 Å². The van der Waals surface area contributed by atoms with Gasteiger partial charge < -0.3 is 0 Å². The monoisotopic (exact) mass is 216 g/mol. The van der Waals surface area contributed by atoms with E-state index in [1.54, 1.807) is 0 Å². The summed E-state index contributed by atoms with van der Waals surface area (Å²) in [6.07, 6.45) is 5.11. The molecule has 0 aromatic heterocycles. The number of hydrogen-bond donors (Lipinski definition) is 0. The van der Waals surface area contributed by atoms with Crippen molar-refractivity contribution in [3.63, 3.8) is 0 Å². The summed E-state index contributed by atoms with van der Waals surface area (Å²) in [7, 11) is 0. The quantitative estimate of drug-likeness (QED) is 0.692. The van der Waals surface area contributed by atoms with Crippen LogP contribution in [0.5, 0.6) is 0 Å². The highest BCUT2D eigenvalue weighted by molar-refractivity contribution is 5.81. The highest BCUT2D eigenvalue weighted by Gasteiger charge is 2.16. The van der Waals surface area contributed by atoms with Crippen LogP contribution in [-0.4, -0.2) is 6.29 Å². The molecule has 1 rings (SSSR count). The maximum Gasteiger partial charge on any atom is 0.150 e. The van der Waals surface area contributed by atoms with E-state index in [4.69, 9.17) is 0 Å². The summed E-state index contributed by atoms with van der Waals surface area (Å²) in [6.45, 7) is 8.84. The van der Waals surface area contributed by atoms with Crippen molar-refractivity contribution >= 4 is 12.4 Å². The third-order valence-electron chi connectivity index (χ3n) is 3.05. The molecule has 0 aliphatic heterocycles. The van der Waals surface area contributed by atoms with Crippen molar-refractivity contribution in [3.8, 4) is 0 Å². The van der Waals surface area contributed by atoms with Gasteiger partial charge in [0.1, 0.15) is 0 Å². The van der Waals surface area contributed by atoms with Crippen LogP contribution in [0.25, 0.3) is 6.08 Å². The van der Waals surface area contributed by atoms with Gasteiger partial charge >= 0.3 is 0 Å². The van der Waals surface area contributed by atoms with Gasteiger partial charge in [0.2, 0.25) is 0 Å². The van der Waals surface area contributed by atoms with Crippen LogP contribution in [0.4, 0.5) is 0 Å². The van der Waals surface area contributed by atoms with E-state index in [0.717, 1.165) is 17.4 Å². The van der Waals surface area contributed by atoms with E-state index >= 15 is 0 Å². The molecular weight excluding hydrogens is 196 g/mol. The normalized spacial score (nSPS) is 14.0. The minimum Gasteiger partial charge on any atom is -0.298 e. The SMILES string of the molecule is CC(/C=C/c1ccccc1C=O)C(C)(C)C. The zero-order valence-electron chi connectivity index (χ0n) is 10.5. The van der Waals surface area contributed by atoms with Crippen molar-refractivity contribution in [3.05, 3.63) is 41.5 Å². The van der Waals surface area contributed by atoms with E-state index in [1.807, 2.05) is 30.3 Å². The van der Waals surface area contributed by atoms with E-state index in [2.05, 4.69) is 33.8 Å². The smallest absolute Gasteiger partial charge is 0.150 e. The maximum absolute atomic E-state index is 10.8. The molecule has 0 heterocycles. The number of aldehydes is 1. The molecule has 0 fully saturated rings. The lowest BCUT2D eigenvalue weighted by atomic mass is 9.81. The molecule has 0 aliphatic carbocycles. The van der Waals surface area contributed by atoms with Crippen LogP contribution in [0.1, 0.15) is 43.6 Å². The van der Waals surface area contributed by atoms with Crippen LogP contribution in [0.2, 0.25) is 0 Å². The van der Waals surface area contributed by atoms with Gasteiger partial charge in [-0.2, -0.15) is 0 Å². The van der Waals surface area contributed by atoms with E-state index in [0.29, 0.717) is 5.92 Å². The average Bonchev–Trinajstić information content (AvgIpc) is 2.24. The van der Waals surface area contributed by atoms with E-state index in [-0.39, 0.29) is 5.41 Å². The third kappa shape index (κ3) is 3.34. The largest absolute Gasteiger partial charge is 0.298 e. The van der Waals surface area contributed by atoms with Crippen molar-refractivity contribution in [2.45, 2.75) is 27.7 Å². The summed E-state index contributed by atoms with van der Waals surface area (Å²) >= 11 is 0. The molecule has 0 N–H and O–H groups in total. The molecule has 0 amide bonds. The summed E-state index contributed by atoms with van der Waals surface area (Å²) in [5, 5.41) is 0. The molecule has 1 aromatic rings. The van der Waals surface area contributed by atoms with Crippen LogP contribution in [0.15, 0.2) is 30.3 Å². The second-order valence-corrected chi connectivity index (χ2v) is 5.26. The molecule has 86 valence electrons. The van der Waals surface area contributed by atoms with Crippen molar-refractivity contribution in [2.75, 3.05) is 0 Å². The lowest BCUT2D eigenvalue weighted by Gasteiger charge is -2.24. The van der Waals surface area contributed by atoms with E-state index < -0.39 is 0 Å². The maximum atomic E-state index is 10.8. The van der Waals surface area contributed by atoms with Crippen molar-refractivity contribution in [2.24, 2.45) is 11.3 Å². The summed E-state index contributed by atoms with van der Waals surface area (Å²) in [5.74, 6) is 0.479. The van der Waals surface area contributed by atoms with Gasteiger partial charge in [-0.1, -0.05) is 64.1 Å². The van der Waals surface area contributed by atoms with Gasteiger partial charge in [-0.25, -0.2) is 0 Å². The Balaban J connectivity index is 2.88. The van der Waals surface area contributed by atoms with Crippen LogP contribution < -0.4 is 0 Å². The Morgan fingerprint density at radius 1 is 1.12 bits per heavy atom. The Morgan fingerprint density at radius 2 is 1.69 bits per heavy atom. The third-order valence-corrected chi connectivity index (χ3v) is 3.05. The van der Waals surface area contributed by atoms with E-state index in [9.17, 15) is 4.79 Å². The first-order valence-electron chi connectivity index (χ1n) is 5.67. The Kier molecular flexibility index (Phi) is 4.05. The Morgan fingerprint density at radius 3 is 2.19 bits per heavy atom. The number of hydrogen-bond acceptors (Lipinski definition) is 1. The molecule has 16 heavy (non-hydrogen) atoms. The number of carbonyl (C=O) groups is 1. The first kappa shape index (κ1) is 12.7. The molecule has 1 nitrogen and oxygen atoms in total. The van der Waals surface area contributed by atoms with E-state index in [1.165, 1.54) is 0 Å². The summed E-state index contributed by atoms with van der Waals surface area (Å²) in [6, 6.07) is 7.65. The molecule has 1 heteroatoms. The minimum absolute atomic E-state index is 0.257. The van der Waals surface area contributed by atoms with Crippen LogP contribution in [0.3, 0.4) is 0 Å². The Hall–Kier alpha value is -1.37. The average molecular weight is 216 g/mol. The minimum atomic E-state index is 0.257. The fourth-order valence-electron chi connectivity index (χ4n) is 1.31. The van der Waals surface area contributed by atoms with Crippen LogP contribution in [-0.2, 0) is 0 Å². The number of carbonyl (C=O) groups excluding carboxylic acids is 1. The second kappa shape index (κ2) is 5.11.